The lowest BCUT2D eigenvalue weighted by molar-refractivity contribution is 0.199. The number of nitrogens with zero attached hydrogens (tertiary/aromatic N) is 3. The van der Waals surface area contributed by atoms with Crippen LogP contribution in [0.5, 0.6) is 5.75 Å². The van der Waals surface area contributed by atoms with E-state index in [0.29, 0.717) is 43.6 Å². The Balaban J connectivity index is 2.25. The van der Waals surface area contributed by atoms with E-state index in [9.17, 15) is 4.79 Å². The van der Waals surface area contributed by atoms with Crippen molar-refractivity contribution in [2.24, 2.45) is 0 Å². The van der Waals surface area contributed by atoms with Crippen LogP contribution in [0.4, 0.5) is 0 Å². The lowest BCUT2D eigenvalue weighted by atomic mass is 10.0. The van der Waals surface area contributed by atoms with E-state index in [1.807, 2.05) is 24.3 Å². The van der Waals surface area contributed by atoms with Crippen LogP contribution in [0, 0.1) is 11.3 Å². The minimum absolute atomic E-state index is 0.0483. The van der Waals surface area contributed by atoms with Gasteiger partial charge >= 0.3 is 0 Å². The van der Waals surface area contributed by atoms with E-state index in [0.717, 1.165) is 33.0 Å². The number of unbranched alkanes of at least 4 members (excludes halogenated alkanes) is 1. The third-order valence-electron chi connectivity index (χ3n) is 4.84. The van der Waals surface area contributed by atoms with Crippen molar-refractivity contribution < 1.29 is 9.47 Å². The molecule has 0 atom stereocenters. The maximum Gasteiger partial charge on any atom is 0.262 e. The summed E-state index contributed by atoms with van der Waals surface area (Å²) in [6, 6.07) is 9.93. The van der Waals surface area contributed by atoms with Crippen LogP contribution in [-0.2, 0) is 24.1 Å². The van der Waals surface area contributed by atoms with Crippen molar-refractivity contribution in [1.82, 2.24) is 9.55 Å². The molecule has 0 aliphatic rings. The van der Waals surface area contributed by atoms with E-state index in [2.05, 4.69) is 13.0 Å². The highest BCUT2D eigenvalue weighted by Gasteiger charge is 2.21. The summed E-state index contributed by atoms with van der Waals surface area (Å²) >= 11 is 1.57. The molecule has 1 aromatic carbocycles. The highest BCUT2D eigenvalue weighted by atomic mass is 32.1. The number of nitriles is 1. The number of thiophene rings is 1. The fraction of sp³-hybridized carbons (Fsp3) is 0.409. The number of methoxy groups -OCH3 is 2. The largest absolute Gasteiger partial charge is 0.497 e. The summed E-state index contributed by atoms with van der Waals surface area (Å²) in [5, 5.41) is 9.54. The molecule has 3 rings (SSSR count). The van der Waals surface area contributed by atoms with Gasteiger partial charge in [-0.05, 0) is 30.5 Å². The maximum atomic E-state index is 13.6. The predicted octanol–water partition coefficient (Wildman–Crippen LogP) is 4.19. The summed E-state index contributed by atoms with van der Waals surface area (Å²) in [6.07, 6.45) is 2.39. The van der Waals surface area contributed by atoms with Gasteiger partial charge in [-0.3, -0.25) is 9.36 Å². The highest BCUT2D eigenvalue weighted by molar-refractivity contribution is 7.19. The minimum atomic E-state index is -0.0483. The van der Waals surface area contributed by atoms with Crippen molar-refractivity contribution in [2.45, 2.75) is 39.2 Å². The third kappa shape index (κ3) is 4.34. The van der Waals surface area contributed by atoms with Gasteiger partial charge in [-0.25, -0.2) is 4.98 Å². The number of aromatic nitrogens is 2. The molecular formula is C22H25N3O3S. The van der Waals surface area contributed by atoms with Crippen LogP contribution in [0.1, 0.15) is 30.5 Å². The highest BCUT2D eigenvalue weighted by Crippen LogP contribution is 2.38. The van der Waals surface area contributed by atoms with Gasteiger partial charge in [0.05, 0.1) is 25.2 Å². The van der Waals surface area contributed by atoms with Gasteiger partial charge in [-0.2, -0.15) is 5.26 Å². The molecule has 0 saturated heterocycles. The zero-order chi connectivity index (χ0) is 20.8. The second-order valence-corrected chi connectivity index (χ2v) is 7.74. The molecule has 0 amide bonds. The average molecular weight is 412 g/mol. The van der Waals surface area contributed by atoms with Gasteiger partial charge < -0.3 is 9.47 Å². The SMILES string of the molecule is CCc1sc2nc(CCOC)n(CCCC#N)c(=O)c2c1-c1cccc(OC)c1. The Labute approximate surface area is 174 Å². The molecule has 0 unspecified atom stereocenters. The topological polar surface area (TPSA) is 77.1 Å². The van der Waals surface area contributed by atoms with Crippen molar-refractivity contribution >= 4 is 21.6 Å². The average Bonchev–Trinajstić information content (AvgIpc) is 3.13. The Morgan fingerprint density at radius 2 is 2.14 bits per heavy atom. The number of hydrogen-bond acceptors (Lipinski definition) is 6. The third-order valence-corrected chi connectivity index (χ3v) is 6.07. The second-order valence-electron chi connectivity index (χ2n) is 6.66. The smallest absolute Gasteiger partial charge is 0.262 e. The maximum absolute atomic E-state index is 13.6. The zero-order valence-electron chi connectivity index (χ0n) is 17.0. The Morgan fingerprint density at radius 1 is 1.31 bits per heavy atom. The zero-order valence-corrected chi connectivity index (χ0v) is 17.8. The first-order valence-corrected chi connectivity index (χ1v) is 10.5. The number of hydrogen-bond donors (Lipinski definition) is 0. The van der Waals surface area contributed by atoms with Crippen molar-refractivity contribution in [1.29, 1.82) is 5.26 Å². The standard InChI is InChI=1S/C22H25N3O3S/c1-4-17-19(15-8-7-9-16(14-15)28-3)20-21(29-17)24-18(10-13-27-2)25(22(20)26)12-6-5-11-23/h7-9,14H,4-6,10,12-13H2,1-3H3. The van der Waals surface area contributed by atoms with Crippen molar-refractivity contribution in [3.8, 4) is 22.9 Å². The number of benzene rings is 1. The lowest BCUT2D eigenvalue weighted by Gasteiger charge is -2.12. The molecule has 0 fully saturated rings. The minimum Gasteiger partial charge on any atom is -0.497 e. The van der Waals surface area contributed by atoms with Crippen molar-refractivity contribution in [3.63, 3.8) is 0 Å². The fourth-order valence-corrected chi connectivity index (χ4v) is 4.58. The van der Waals surface area contributed by atoms with Gasteiger partial charge in [0.25, 0.3) is 5.56 Å². The van der Waals surface area contributed by atoms with E-state index in [1.165, 1.54) is 0 Å². The molecule has 0 spiro atoms. The Kier molecular flexibility index (Phi) is 7.02. The van der Waals surface area contributed by atoms with E-state index >= 15 is 0 Å². The first kappa shape index (κ1) is 21.0. The molecule has 0 bridgehead atoms. The monoisotopic (exact) mass is 411 g/mol. The molecule has 3 aromatic rings. The molecule has 0 aliphatic carbocycles. The summed E-state index contributed by atoms with van der Waals surface area (Å²) < 4.78 is 12.3. The number of fused-ring (bicyclic) bond motifs is 1. The molecular weight excluding hydrogens is 386 g/mol. The molecule has 6 nitrogen and oxygen atoms in total. The van der Waals surface area contributed by atoms with Gasteiger partial charge in [0, 0.05) is 36.9 Å². The van der Waals surface area contributed by atoms with E-state index in [-0.39, 0.29) is 5.56 Å². The van der Waals surface area contributed by atoms with Crippen LogP contribution in [-0.4, -0.2) is 30.4 Å². The number of rotatable bonds is 9. The van der Waals surface area contributed by atoms with Crippen molar-refractivity contribution in [2.75, 3.05) is 20.8 Å². The van der Waals surface area contributed by atoms with Gasteiger partial charge in [0.2, 0.25) is 0 Å². The molecule has 29 heavy (non-hydrogen) atoms. The van der Waals surface area contributed by atoms with Gasteiger partial charge in [0.1, 0.15) is 16.4 Å². The second kappa shape index (κ2) is 9.68. The Bertz CT molecular complexity index is 1100. The summed E-state index contributed by atoms with van der Waals surface area (Å²) in [5.41, 5.74) is 1.85. The summed E-state index contributed by atoms with van der Waals surface area (Å²) in [6.45, 7) is 3.06. The van der Waals surface area contributed by atoms with Crippen LogP contribution >= 0.6 is 11.3 Å². The Hall–Kier alpha value is -2.69. The molecule has 0 aliphatic heterocycles. The first-order chi connectivity index (χ1) is 14.1. The van der Waals surface area contributed by atoms with E-state index in [4.69, 9.17) is 19.7 Å². The van der Waals surface area contributed by atoms with Crippen LogP contribution in [0.2, 0.25) is 0 Å². The van der Waals surface area contributed by atoms with Crippen LogP contribution < -0.4 is 10.3 Å². The van der Waals surface area contributed by atoms with E-state index < -0.39 is 0 Å². The van der Waals surface area contributed by atoms with Crippen LogP contribution in [0.3, 0.4) is 0 Å². The van der Waals surface area contributed by atoms with Gasteiger partial charge in [-0.15, -0.1) is 11.3 Å². The summed E-state index contributed by atoms with van der Waals surface area (Å²) in [7, 11) is 3.27. The van der Waals surface area contributed by atoms with Crippen molar-refractivity contribution in [3.05, 3.63) is 45.3 Å². The normalized spacial score (nSPS) is 11.0. The quantitative estimate of drug-likeness (QED) is 0.494. The first-order valence-electron chi connectivity index (χ1n) is 9.70. The fourth-order valence-electron chi connectivity index (χ4n) is 3.44. The number of ether oxygens (including phenoxy) is 2. The summed E-state index contributed by atoms with van der Waals surface area (Å²) in [4.78, 5) is 20.3. The molecule has 2 aromatic heterocycles. The molecule has 152 valence electrons. The Morgan fingerprint density at radius 3 is 2.83 bits per heavy atom. The van der Waals surface area contributed by atoms with Crippen LogP contribution in [0.25, 0.3) is 21.3 Å². The number of aryl methyl sites for hydroxylation is 1. The van der Waals surface area contributed by atoms with E-state index in [1.54, 1.807) is 30.1 Å². The lowest BCUT2D eigenvalue weighted by Crippen LogP contribution is -2.26. The molecule has 2 heterocycles. The molecule has 0 radical (unpaired) electrons. The van der Waals surface area contributed by atoms with Crippen LogP contribution in [0.15, 0.2) is 29.1 Å². The molecule has 0 saturated carbocycles. The van der Waals surface area contributed by atoms with Gasteiger partial charge in [-0.1, -0.05) is 19.1 Å². The van der Waals surface area contributed by atoms with Gasteiger partial charge in [0.15, 0.2) is 0 Å². The summed E-state index contributed by atoms with van der Waals surface area (Å²) in [5.74, 6) is 1.46. The molecule has 7 heteroatoms. The molecule has 0 N–H and O–H groups in total. The predicted molar refractivity (Wildman–Crippen MR) is 116 cm³/mol.